The van der Waals surface area contributed by atoms with Crippen LogP contribution in [0.2, 0.25) is 0 Å². The van der Waals surface area contributed by atoms with E-state index in [2.05, 4.69) is 17.9 Å². The minimum Gasteiger partial charge on any atom is -0.497 e. The highest BCUT2D eigenvalue weighted by molar-refractivity contribution is 5.89. The third kappa shape index (κ3) is 3.59. The third-order valence-corrected chi connectivity index (χ3v) is 5.88. The molecule has 0 radical (unpaired) electrons. The number of hydrogen-bond donors (Lipinski definition) is 0. The van der Waals surface area contributed by atoms with Gasteiger partial charge in [0.1, 0.15) is 17.4 Å². The first-order valence-corrected chi connectivity index (χ1v) is 10.5. The molecule has 156 valence electrons. The smallest absolute Gasteiger partial charge is 0.165 e. The van der Waals surface area contributed by atoms with Crippen LogP contribution in [0.3, 0.4) is 0 Å². The normalized spacial score (nSPS) is 21.9. The predicted octanol–water partition coefficient (Wildman–Crippen LogP) is 3.43. The highest BCUT2D eigenvalue weighted by atomic mass is 16.5. The molecule has 1 aromatic carbocycles. The lowest BCUT2D eigenvalue weighted by Crippen LogP contribution is -2.44. The van der Waals surface area contributed by atoms with Crippen molar-refractivity contribution in [3.05, 3.63) is 42.2 Å². The molecular formula is C23H26N4O3. The van der Waals surface area contributed by atoms with Crippen LogP contribution in [0.15, 0.2) is 36.4 Å². The molecule has 30 heavy (non-hydrogen) atoms. The quantitative estimate of drug-likeness (QED) is 0.657. The van der Waals surface area contributed by atoms with Crippen molar-refractivity contribution in [2.24, 2.45) is 0 Å². The van der Waals surface area contributed by atoms with E-state index in [4.69, 9.17) is 29.2 Å². The first-order valence-electron chi connectivity index (χ1n) is 10.5. The zero-order valence-corrected chi connectivity index (χ0v) is 17.4. The Labute approximate surface area is 176 Å². The van der Waals surface area contributed by atoms with Gasteiger partial charge in [-0.2, -0.15) is 0 Å². The Hall–Kier alpha value is -2.77. The lowest BCUT2D eigenvalue weighted by molar-refractivity contribution is 0.0986. The molecule has 0 saturated carbocycles. The first-order chi connectivity index (χ1) is 14.7. The summed E-state index contributed by atoms with van der Waals surface area (Å²) in [5, 5.41) is 0.976. The number of hydrogen-bond acceptors (Lipinski definition) is 7. The van der Waals surface area contributed by atoms with Crippen LogP contribution >= 0.6 is 0 Å². The van der Waals surface area contributed by atoms with Crippen LogP contribution in [0.5, 0.6) is 5.75 Å². The van der Waals surface area contributed by atoms with Gasteiger partial charge in [-0.25, -0.2) is 15.0 Å². The maximum absolute atomic E-state index is 5.64. The van der Waals surface area contributed by atoms with Crippen LogP contribution in [-0.4, -0.2) is 61.1 Å². The zero-order valence-electron chi connectivity index (χ0n) is 17.4. The van der Waals surface area contributed by atoms with Crippen molar-refractivity contribution in [2.75, 3.05) is 45.0 Å². The topological polar surface area (TPSA) is 69.6 Å². The molecular weight excluding hydrogens is 380 g/mol. The van der Waals surface area contributed by atoms with Crippen molar-refractivity contribution >= 4 is 16.9 Å². The average Bonchev–Trinajstić information content (AvgIpc) is 3.33. The molecule has 7 nitrogen and oxygen atoms in total. The third-order valence-electron chi connectivity index (χ3n) is 5.88. The van der Waals surface area contributed by atoms with Crippen molar-refractivity contribution < 1.29 is 14.2 Å². The summed E-state index contributed by atoms with van der Waals surface area (Å²) in [4.78, 5) is 17.1. The number of aromatic nitrogens is 3. The molecule has 2 aliphatic rings. The van der Waals surface area contributed by atoms with E-state index >= 15 is 0 Å². The minimum atomic E-state index is 0.218. The van der Waals surface area contributed by atoms with Crippen LogP contribution in [-0.2, 0) is 9.47 Å². The molecule has 2 atom stereocenters. The SMILES string of the molecule is COc1ccc(-c2ccc3c(N4CCOC[C@@H]4C)nc(C4CCOC4)nc3n2)cc1. The molecule has 3 aromatic rings. The van der Waals surface area contributed by atoms with Gasteiger partial charge in [-0.15, -0.1) is 0 Å². The summed E-state index contributed by atoms with van der Waals surface area (Å²) < 4.78 is 16.5. The van der Waals surface area contributed by atoms with E-state index in [0.717, 1.165) is 59.3 Å². The minimum absolute atomic E-state index is 0.218. The Morgan fingerprint density at radius 1 is 0.967 bits per heavy atom. The van der Waals surface area contributed by atoms with Crippen molar-refractivity contribution in [1.82, 2.24) is 15.0 Å². The highest BCUT2D eigenvalue weighted by Gasteiger charge is 2.27. The second-order valence-corrected chi connectivity index (χ2v) is 7.88. The lowest BCUT2D eigenvalue weighted by atomic mass is 10.1. The van der Waals surface area contributed by atoms with E-state index in [9.17, 15) is 0 Å². The Balaban J connectivity index is 1.62. The molecule has 0 bridgehead atoms. The van der Waals surface area contributed by atoms with Crippen LogP contribution < -0.4 is 9.64 Å². The number of ether oxygens (including phenoxy) is 3. The monoisotopic (exact) mass is 406 g/mol. The van der Waals surface area contributed by atoms with Gasteiger partial charge in [0.05, 0.1) is 44.1 Å². The fourth-order valence-electron chi connectivity index (χ4n) is 4.11. The summed E-state index contributed by atoms with van der Waals surface area (Å²) >= 11 is 0. The Morgan fingerprint density at radius 3 is 2.53 bits per heavy atom. The summed E-state index contributed by atoms with van der Waals surface area (Å²) in [6.07, 6.45) is 0.946. The maximum atomic E-state index is 5.64. The van der Waals surface area contributed by atoms with Gasteiger partial charge in [-0.1, -0.05) is 0 Å². The van der Waals surface area contributed by atoms with Crippen molar-refractivity contribution in [3.8, 4) is 17.0 Å². The molecule has 0 amide bonds. The average molecular weight is 406 g/mol. The van der Waals surface area contributed by atoms with Gasteiger partial charge in [-0.3, -0.25) is 0 Å². The van der Waals surface area contributed by atoms with E-state index < -0.39 is 0 Å². The Morgan fingerprint density at radius 2 is 1.80 bits per heavy atom. The standard InChI is InChI=1S/C23H26N4O3/c1-15-13-30-12-10-27(15)23-19-7-8-20(16-3-5-18(28-2)6-4-16)24-22(19)25-21(26-23)17-9-11-29-14-17/h3-8,15,17H,9-14H2,1-2H3/t15-,17?/m0/s1. The molecule has 5 rings (SSSR count). The number of methoxy groups -OCH3 is 1. The van der Waals surface area contributed by atoms with Crippen LogP contribution in [0, 0.1) is 0 Å². The van der Waals surface area contributed by atoms with Gasteiger partial charge in [0.25, 0.3) is 0 Å². The molecule has 2 fully saturated rings. The lowest BCUT2D eigenvalue weighted by Gasteiger charge is -2.35. The molecule has 2 aliphatic heterocycles. The van der Waals surface area contributed by atoms with Crippen molar-refractivity contribution in [1.29, 1.82) is 0 Å². The van der Waals surface area contributed by atoms with E-state index in [1.165, 1.54) is 0 Å². The second kappa shape index (κ2) is 8.16. The molecule has 0 aliphatic carbocycles. The van der Waals surface area contributed by atoms with E-state index in [1.54, 1.807) is 7.11 Å². The molecule has 4 heterocycles. The second-order valence-electron chi connectivity index (χ2n) is 7.88. The van der Waals surface area contributed by atoms with Crippen molar-refractivity contribution in [3.63, 3.8) is 0 Å². The molecule has 0 spiro atoms. The predicted molar refractivity (Wildman–Crippen MR) is 115 cm³/mol. The van der Waals surface area contributed by atoms with Crippen molar-refractivity contribution in [2.45, 2.75) is 25.3 Å². The summed E-state index contributed by atoms with van der Waals surface area (Å²) in [6, 6.07) is 12.3. The summed E-state index contributed by atoms with van der Waals surface area (Å²) in [7, 11) is 1.67. The van der Waals surface area contributed by atoms with Crippen LogP contribution in [0.4, 0.5) is 5.82 Å². The summed E-state index contributed by atoms with van der Waals surface area (Å²) in [6.45, 7) is 5.81. The first kappa shape index (κ1) is 19.2. The number of anilines is 1. The highest BCUT2D eigenvalue weighted by Crippen LogP contribution is 2.32. The molecule has 7 heteroatoms. The number of benzene rings is 1. The fourth-order valence-corrected chi connectivity index (χ4v) is 4.11. The van der Waals surface area contributed by atoms with E-state index in [-0.39, 0.29) is 12.0 Å². The molecule has 2 saturated heterocycles. The molecule has 0 N–H and O–H groups in total. The van der Waals surface area contributed by atoms with Gasteiger partial charge in [0, 0.05) is 24.6 Å². The molecule has 2 aromatic heterocycles. The van der Waals surface area contributed by atoms with Crippen LogP contribution in [0.1, 0.15) is 25.1 Å². The van der Waals surface area contributed by atoms with Gasteiger partial charge in [0.15, 0.2) is 5.65 Å². The maximum Gasteiger partial charge on any atom is 0.165 e. The largest absolute Gasteiger partial charge is 0.497 e. The Kier molecular flexibility index (Phi) is 5.23. The van der Waals surface area contributed by atoms with E-state index in [0.29, 0.717) is 19.8 Å². The number of fused-ring (bicyclic) bond motifs is 1. The summed E-state index contributed by atoms with van der Waals surface area (Å²) in [5.74, 6) is 2.82. The van der Waals surface area contributed by atoms with E-state index in [1.807, 2.05) is 30.3 Å². The number of pyridine rings is 1. The van der Waals surface area contributed by atoms with Gasteiger partial charge >= 0.3 is 0 Å². The van der Waals surface area contributed by atoms with Gasteiger partial charge < -0.3 is 19.1 Å². The fraction of sp³-hybridized carbons (Fsp3) is 0.435. The number of morpholine rings is 1. The van der Waals surface area contributed by atoms with Gasteiger partial charge in [-0.05, 0) is 49.7 Å². The van der Waals surface area contributed by atoms with Gasteiger partial charge in [0.2, 0.25) is 0 Å². The number of nitrogens with zero attached hydrogens (tertiary/aromatic N) is 4. The summed E-state index contributed by atoms with van der Waals surface area (Å²) in [5.41, 5.74) is 2.65. The van der Waals surface area contributed by atoms with Crippen LogP contribution in [0.25, 0.3) is 22.3 Å². The molecule has 1 unspecified atom stereocenters. The zero-order chi connectivity index (χ0) is 20.5. The Bertz CT molecular complexity index is 1030. The number of rotatable bonds is 4.